The van der Waals surface area contributed by atoms with Crippen LogP contribution in [0.1, 0.15) is 38.7 Å². The first-order valence-electron chi connectivity index (χ1n) is 9.96. The number of nitriles is 1. The van der Waals surface area contributed by atoms with Crippen LogP contribution in [0.4, 0.5) is 11.4 Å². The minimum Gasteiger partial charge on any atom is -0.376 e. The molecule has 0 aliphatic carbocycles. The van der Waals surface area contributed by atoms with E-state index in [0.717, 1.165) is 0 Å². The third-order valence-electron chi connectivity index (χ3n) is 5.52. The third-order valence-corrected chi connectivity index (χ3v) is 7.78. The third kappa shape index (κ3) is 5.15. The van der Waals surface area contributed by atoms with E-state index in [0.29, 0.717) is 44.6 Å². The Bertz CT molecular complexity index is 1010. The van der Waals surface area contributed by atoms with Gasteiger partial charge in [-0.15, -0.1) is 0 Å². The summed E-state index contributed by atoms with van der Waals surface area (Å²) in [6.45, 7) is 5.11. The molecule has 2 heterocycles. The maximum Gasteiger partial charge on any atom is 0.293 e. The second-order valence-electron chi connectivity index (χ2n) is 8.32. The highest BCUT2D eigenvalue weighted by atomic mass is 32.2. The van der Waals surface area contributed by atoms with Gasteiger partial charge >= 0.3 is 0 Å². The van der Waals surface area contributed by atoms with Crippen LogP contribution in [-0.2, 0) is 19.3 Å². The van der Waals surface area contributed by atoms with E-state index in [4.69, 9.17) is 10.00 Å². The number of nitro benzene ring substituents is 1. The Kier molecular flexibility index (Phi) is 6.43. The number of anilines is 1. The average molecular weight is 435 g/mol. The zero-order valence-corrected chi connectivity index (χ0v) is 18.0. The van der Waals surface area contributed by atoms with Crippen molar-refractivity contribution in [1.29, 1.82) is 5.26 Å². The molecular weight excluding hydrogens is 408 g/mol. The number of benzene rings is 1. The Morgan fingerprint density at radius 3 is 2.83 bits per heavy atom. The van der Waals surface area contributed by atoms with Crippen molar-refractivity contribution in [3.63, 3.8) is 0 Å². The van der Waals surface area contributed by atoms with Gasteiger partial charge < -0.3 is 9.64 Å². The van der Waals surface area contributed by atoms with E-state index in [-0.39, 0.29) is 34.6 Å². The number of nitro groups is 1. The first-order valence-corrected chi connectivity index (χ1v) is 11.8. The molecule has 30 heavy (non-hydrogen) atoms. The summed E-state index contributed by atoms with van der Waals surface area (Å²) in [4.78, 5) is 25.4. The van der Waals surface area contributed by atoms with Crippen molar-refractivity contribution in [2.75, 3.05) is 36.1 Å². The summed E-state index contributed by atoms with van der Waals surface area (Å²) in [6, 6.07) is 6.24. The summed E-state index contributed by atoms with van der Waals surface area (Å²) >= 11 is 0. The Morgan fingerprint density at radius 1 is 1.40 bits per heavy atom. The number of hydrogen-bond donors (Lipinski definition) is 0. The number of nitrogens with zero attached hydrogens (tertiary/aromatic N) is 4. The number of hydrogen-bond acceptors (Lipinski definition) is 7. The van der Waals surface area contributed by atoms with Gasteiger partial charge in [0.15, 0.2) is 0 Å². The molecule has 0 aromatic heterocycles. The highest BCUT2D eigenvalue weighted by molar-refractivity contribution is 7.93. The van der Waals surface area contributed by atoms with E-state index in [9.17, 15) is 19.1 Å². The number of carbonyl (C=O) groups excluding carboxylic acids is 1. The lowest BCUT2D eigenvalue weighted by molar-refractivity contribution is -0.384. The van der Waals surface area contributed by atoms with Gasteiger partial charge in [0.2, 0.25) is 0 Å². The van der Waals surface area contributed by atoms with Crippen molar-refractivity contribution in [3.8, 4) is 6.07 Å². The van der Waals surface area contributed by atoms with Crippen LogP contribution >= 0.6 is 0 Å². The minimum absolute atomic E-state index is 0.153. The van der Waals surface area contributed by atoms with Gasteiger partial charge in [-0.25, -0.2) is 4.21 Å². The van der Waals surface area contributed by atoms with Crippen LogP contribution in [0.3, 0.4) is 0 Å². The fraction of sp³-hybridized carbons (Fsp3) is 0.600. The lowest BCUT2D eigenvalue weighted by Gasteiger charge is -2.34. The average Bonchev–Trinajstić information content (AvgIpc) is 2.88. The first kappa shape index (κ1) is 22.2. The highest BCUT2D eigenvalue weighted by Gasteiger charge is 2.34. The van der Waals surface area contributed by atoms with Gasteiger partial charge in [0, 0.05) is 43.2 Å². The predicted octanol–water partition coefficient (Wildman–Crippen LogP) is 2.88. The Morgan fingerprint density at radius 2 is 2.17 bits per heavy atom. The van der Waals surface area contributed by atoms with Crippen molar-refractivity contribution in [2.24, 2.45) is 10.3 Å². The second kappa shape index (κ2) is 8.70. The Labute approximate surface area is 176 Å². The molecule has 3 rings (SSSR count). The quantitative estimate of drug-likeness (QED) is 0.529. The molecule has 2 aliphatic heterocycles. The van der Waals surface area contributed by atoms with Crippen molar-refractivity contribution >= 4 is 27.0 Å². The molecule has 10 heteroatoms. The van der Waals surface area contributed by atoms with Crippen LogP contribution in [-0.4, -0.2) is 51.8 Å². The lowest BCUT2D eigenvalue weighted by atomic mass is 9.88. The van der Waals surface area contributed by atoms with E-state index >= 15 is 0 Å². The zero-order chi connectivity index (χ0) is 21.9. The molecule has 2 unspecified atom stereocenters. The largest absolute Gasteiger partial charge is 0.376 e. The molecule has 0 radical (unpaired) electrons. The van der Waals surface area contributed by atoms with Crippen LogP contribution in [0.15, 0.2) is 22.6 Å². The summed E-state index contributed by atoms with van der Waals surface area (Å²) in [7, 11) is -2.73. The number of rotatable bonds is 3. The maximum absolute atomic E-state index is 13.3. The molecule has 0 spiro atoms. The molecule has 9 nitrogen and oxygen atoms in total. The van der Waals surface area contributed by atoms with Gasteiger partial charge in [-0.1, -0.05) is 0 Å². The Balaban J connectivity index is 1.78. The van der Waals surface area contributed by atoms with Crippen LogP contribution in [0.5, 0.6) is 0 Å². The number of carbonyl (C=O) groups is 1. The summed E-state index contributed by atoms with van der Waals surface area (Å²) in [5, 5.41) is 20.5. The molecule has 2 fully saturated rings. The van der Waals surface area contributed by atoms with Gasteiger partial charge in [-0.3, -0.25) is 14.9 Å². The van der Waals surface area contributed by atoms with Crippen molar-refractivity contribution < 1.29 is 18.7 Å². The molecular formula is C20H26N4O5S. The number of amides is 1. The first-order chi connectivity index (χ1) is 14.1. The molecule has 0 N–H and O–H groups in total. The van der Waals surface area contributed by atoms with Crippen LogP contribution in [0.25, 0.3) is 0 Å². The molecule has 1 aromatic carbocycles. The van der Waals surface area contributed by atoms with Crippen molar-refractivity contribution in [3.05, 3.63) is 33.9 Å². The van der Waals surface area contributed by atoms with Crippen molar-refractivity contribution in [2.45, 2.75) is 38.7 Å². The summed E-state index contributed by atoms with van der Waals surface area (Å²) in [6.07, 6.45) is 1.63. The highest BCUT2D eigenvalue weighted by Crippen LogP contribution is 2.32. The van der Waals surface area contributed by atoms with E-state index in [1.54, 1.807) is 11.0 Å². The molecule has 1 aromatic rings. The molecule has 0 saturated carbocycles. The fourth-order valence-electron chi connectivity index (χ4n) is 3.97. The standard InChI is InChI=1S/C20H26N4O5S/c1-20(2)13-16(6-9-29-20)19(25)22-30(28)10-3-7-23(8-11-30)17-5-4-15(14-21)12-18(17)24(26)27/h4-5,12,16H,3,6-11,13H2,1-2H3. The van der Waals surface area contributed by atoms with Gasteiger partial charge in [0.05, 0.1) is 31.9 Å². The minimum atomic E-state index is -2.73. The molecule has 162 valence electrons. The van der Waals surface area contributed by atoms with E-state index in [1.165, 1.54) is 12.1 Å². The van der Waals surface area contributed by atoms with Crippen LogP contribution in [0, 0.1) is 27.4 Å². The van der Waals surface area contributed by atoms with Gasteiger partial charge in [0.1, 0.15) is 5.69 Å². The van der Waals surface area contributed by atoms with Crippen LogP contribution < -0.4 is 4.90 Å². The van der Waals surface area contributed by atoms with Crippen LogP contribution in [0.2, 0.25) is 0 Å². The zero-order valence-electron chi connectivity index (χ0n) is 17.2. The maximum atomic E-state index is 13.3. The topological polar surface area (TPSA) is 126 Å². The van der Waals surface area contributed by atoms with Gasteiger partial charge in [0.25, 0.3) is 11.6 Å². The fourth-order valence-corrected chi connectivity index (χ4v) is 5.92. The normalized spacial score (nSPS) is 26.3. The van der Waals surface area contributed by atoms with E-state index in [2.05, 4.69) is 4.36 Å². The lowest BCUT2D eigenvalue weighted by Crippen LogP contribution is -2.37. The molecule has 2 aliphatic rings. The summed E-state index contributed by atoms with van der Waals surface area (Å²) < 4.78 is 23.1. The SMILES string of the molecule is CC1(C)CC(C(=O)N=S2(=O)CCCN(c3ccc(C#N)cc3[N+](=O)[O-])CC2)CCO1. The van der Waals surface area contributed by atoms with Gasteiger partial charge in [-0.2, -0.15) is 9.62 Å². The molecule has 1 amide bonds. The molecule has 2 atom stereocenters. The van der Waals surface area contributed by atoms with E-state index in [1.807, 2.05) is 19.9 Å². The summed E-state index contributed by atoms with van der Waals surface area (Å²) in [5.74, 6) is -0.158. The molecule has 2 saturated heterocycles. The monoisotopic (exact) mass is 434 g/mol. The Hall–Kier alpha value is -2.51. The number of ether oxygens (including phenoxy) is 1. The molecule has 0 bridgehead atoms. The van der Waals surface area contributed by atoms with Gasteiger partial charge in [-0.05, 0) is 45.2 Å². The van der Waals surface area contributed by atoms with E-state index < -0.39 is 20.3 Å². The smallest absolute Gasteiger partial charge is 0.293 e. The summed E-state index contributed by atoms with van der Waals surface area (Å²) in [5.41, 5.74) is 0.0537. The second-order valence-corrected chi connectivity index (χ2v) is 10.9. The predicted molar refractivity (Wildman–Crippen MR) is 113 cm³/mol. The van der Waals surface area contributed by atoms with Crippen molar-refractivity contribution in [1.82, 2.24) is 0 Å².